The molecule has 0 saturated carbocycles. The lowest BCUT2D eigenvalue weighted by molar-refractivity contribution is 0.411. The molecule has 0 amide bonds. The highest BCUT2D eigenvalue weighted by Crippen LogP contribution is 2.34. The molecule has 0 aliphatic carbocycles. The predicted molar refractivity (Wildman–Crippen MR) is 108 cm³/mol. The summed E-state index contributed by atoms with van der Waals surface area (Å²) in [5.74, 6) is 0.483. The average Bonchev–Trinajstić information content (AvgIpc) is 3.21. The molecule has 130 valence electrons. The molecule has 2 heterocycles. The smallest absolute Gasteiger partial charge is 0.139 e. The predicted octanol–water partition coefficient (Wildman–Crippen LogP) is 5.19. The molecule has 4 rings (SSSR count). The fraction of sp³-hybridized carbons (Fsp3) is 0.143. The second-order valence-electron chi connectivity index (χ2n) is 6.50. The van der Waals surface area contributed by atoms with Crippen LogP contribution in [0.25, 0.3) is 16.8 Å². The number of thiazole rings is 1. The molecule has 2 aromatic carbocycles. The van der Waals surface area contributed by atoms with Gasteiger partial charge in [-0.25, -0.2) is 4.98 Å². The van der Waals surface area contributed by atoms with Crippen molar-refractivity contribution in [3.63, 3.8) is 0 Å². The van der Waals surface area contributed by atoms with Crippen LogP contribution in [-0.4, -0.2) is 22.5 Å². The molecule has 0 atom stereocenters. The Labute approximate surface area is 156 Å². The van der Waals surface area contributed by atoms with E-state index < -0.39 is 0 Å². The highest BCUT2D eigenvalue weighted by atomic mass is 32.1. The lowest BCUT2D eigenvalue weighted by Crippen LogP contribution is -2.25. The van der Waals surface area contributed by atoms with E-state index in [1.807, 2.05) is 48.7 Å². The van der Waals surface area contributed by atoms with Crippen molar-refractivity contribution in [2.24, 2.45) is 0 Å². The Kier molecular flexibility index (Phi) is 4.09. The van der Waals surface area contributed by atoms with Crippen molar-refractivity contribution in [1.29, 1.82) is 5.41 Å². The summed E-state index contributed by atoms with van der Waals surface area (Å²) in [6, 6.07) is 16.2. The molecule has 1 aliphatic rings. The van der Waals surface area contributed by atoms with Crippen molar-refractivity contribution in [2.75, 3.05) is 11.4 Å². The highest BCUT2D eigenvalue weighted by Gasteiger charge is 2.31. The molecule has 0 radical (unpaired) electrons. The minimum absolute atomic E-state index is 0.195. The van der Waals surface area contributed by atoms with Crippen LogP contribution in [0.4, 0.5) is 5.69 Å². The van der Waals surface area contributed by atoms with Crippen LogP contribution in [0.1, 0.15) is 16.1 Å². The first kappa shape index (κ1) is 16.5. The van der Waals surface area contributed by atoms with Crippen LogP contribution in [0.15, 0.2) is 59.7 Å². The Balaban J connectivity index is 1.63. The van der Waals surface area contributed by atoms with Crippen molar-refractivity contribution in [2.45, 2.75) is 13.8 Å². The first-order valence-electron chi connectivity index (χ1n) is 8.41. The molecule has 0 spiro atoms. The SMILES string of the molecule is Cc1ccc(-c2csc(C3=C(O)CN(c4ccc(C)cc4)C3=N)n2)cc1. The maximum atomic E-state index is 10.5. The standard InChI is InChI=1S/C21H19N3OS/c1-13-3-7-15(8-4-13)17-12-26-21(23-17)19-18(25)11-24(20(19)22)16-9-5-14(2)6-10-16/h3-10,12,22,25H,11H2,1-2H3. The summed E-state index contributed by atoms with van der Waals surface area (Å²) in [5, 5.41) is 21.7. The number of nitrogens with zero attached hydrogens (tertiary/aromatic N) is 2. The van der Waals surface area contributed by atoms with Crippen LogP contribution < -0.4 is 4.90 Å². The zero-order chi connectivity index (χ0) is 18.3. The Bertz CT molecular complexity index is 1000. The summed E-state index contributed by atoms with van der Waals surface area (Å²) in [4.78, 5) is 6.47. The Morgan fingerprint density at radius 2 is 1.62 bits per heavy atom. The zero-order valence-electron chi connectivity index (χ0n) is 14.7. The van der Waals surface area contributed by atoms with Gasteiger partial charge in [0.15, 0.2) is 0 Å². The van der Waals surface area contributed by atoms with Crippen molar-refractivity contribution >= 4 is 28.4 Å². The molecule has 0 saturated heterocycles. The molecule has 3 aromatic rings. The van der Waals surface area contributed by atoms with Crippen molar-refractivity contribution < 1.29 is 5.11 Å². The minimum Gasteiger partial charge on any atom is -0.510 e. The number of anilines is 1. The van der Waals surface area contributed by atoms with Gasteiger partial charge < -0.3 is 10.0 Å². The van der Waals surface area contributed by atoms with E-state index in [9.17, 15) is 5.11 Å². The third-order valence-corrected chi connectivity index (χ3v) is 5.37. The number of hydrogen-bond donors (Lipinski definition) is 2. The summed E-state index contributed by atoms with van der Waals surface area (Å²) in [6.07, 6.45) is 0. The van der Waals surface area contributed by atoms with Gasteiger partial charge in [0.2, 0.25) is 0 Å². The van der Waals surface area contributed by atoms with Crippen LogP contribution in [0.2, 0.25) is 0 Å². The maximum Gasteiger partial charge on any atom is 0.139 e. The van der Waals surface area contributed by atoms with E-state index >= 15 is 0 Å². The van der Waals surface area contributed by atoms with Gasteiger partial charge in [-0.05, 0) is 26.0 Å². The van der Waals surface area contributed by atoms with Gasteiger partial charge in [-0.1, -0.05) is 47.5 Å². The van der Waals surface area contributed by atoms with Gasteiger partial charge in [-0.2, -0.15) is 0 Å². The molecular formula is C21H19N3OS. The molecular weight excluding hydrogens is 342 g/mol. The summed E-state index contributed by atoms with van der Waals surface area (Å²) < 4.78 is 0. The van der Waals surface area contributed by atoms with Gasteiger partial charge >= 0.3 is 0 Å². The first-order valence-corrected chi connectivity index (χ1v) is 9.29. The van der Waals surface area contributed by atoms with E-state index in [1.165, 1.54) is 22.5 Å². The van der Waals surface area contributed by atoms with Crippen LogP contribution in [0.3, 0.4) is 0 Å². The fourth-order valence-corrected chi connectivity index (χ4v) is 3.89. The van der Waals surface area contributed by atoms with E-state index in [-0.39, 0.29) is 11.6 Å². The molecule has 1 aliphatic heterocycles. The molecule has 0 unspecified atom stereocenters. The lowest BCUT2D eigenvalue weighted by Gasteiger charge is -2.18. The molecule has 26 heavy (non-hydrogen) atoms. The molecule has 5 heteroatoms. The summed E-state index contributed by atoms with van der Waals surface area (Å²) in [7, 11) is 0. The highest BCUT2D eigenvalue weighted by molar-refractivity contribution is 7.11. The van der Waals surface area contributed by atoms with Crippen LogP contribution in [-0.2, 0) is 0 Å². The Morgan fingerprint density at radius 1 is 1.00 bits per heavy atom. The van der Waals surface area contributed by atoms with Gasteiger partial charge in [0, 0.05) is 16.6 Å². The van der Waals surface area contributed by atoms with Gasteiger partial charge in [0.25, 0.3) is 0 Å². The van der Waals surface area contributed by atoms with Gasteiger partial charge in [-0.15, -0.1) is 11.3 Å². The van der Waals surface area contributed by atoms with E-state index in [0.717, 1.165) is 16.9 Å². The number of aryl methyl sites for hydroxylation is 2. The largest absolute Gasteiger partial charge is 0.510 e. The van der Waals surface area contributed by atoms with Crippen LogP contribution in [0.5, 0.6) is 0 Å². The minimum atomic E-state index is 0.195. The first-order chi connectivity index (χ1) is 12.5. The normalized spacial score (nSPS) is 14.4. The van der Waals surface area contributed by atoms with Gasteiger partial charge in [-0.3, -0.25) is 5.41 Å². The number of rotatable bonds is 3. The summed E-state index contributed by atoms with van der Waals surface area (Å²) >= 11 is 1.46. The summed E-state index contributed by atoms with van der Waals surface area (Å²) in [6.45, 7) is 4.39. The number of benzene rings is 2. The zero-order valence-corrected chi connectivity index (χ0v) is 15.5. The Hall–Kier alpha value is -2.92. The van der Waals surface area contributed by atoms with E-state index in [4.69, 9.17) is 5.41 Å². The van der Waals surface area contributed by atoms with Crippen LogP contribution >= 0.6 is 11.3 Å². The number of aromatic nitrogens is 1. The maximum absolute atomic E-state index is 10.5. The number of hydrogen-bond acceptors (Lipinski definition) is 4. The molecule has 0 fully saturated rings. The van der Waals surface area contributed by atoms with Gasteiger partial charge in [0.05, 0.1) is 17.8 Å². The summed E-state index contributed by atoms with van der Waals surface area (Å²) in [5.41, 5.74) is 5.70. The fourth-order valence-electron chi connectivity index (χ4n) is 2.99. The quantitative estimate of drug-likeness (QED) is 0.674. The molecule has 4 nitrogen and oxygen atoms in total. The second kappa shape index (κ2) is 6.42. The second-order valence-corrected chi connectivity index (χ2v) is 7.35. The van der Waals surface area contributed by atoms with Crippen molar-refractivity contribution in [3.05, 3.63) is 75.8 Å². The van der Waals surface area contributed by atoms with E-state index in [1.54, 1.807) is 4.90 Å². The average molecular weight is 361 g/mol. The number of amidine groups is 1. The Morgan fingerprint density at radius 3 is 2.27 bits per heavy atom. The molecule has 0 bridgehead atoms. The third-order valence-electron chi connectivity index (χ3n) is 4.51. The van der Waals surface area contributed by atoms with E-state index in [0.29, 0.717) is 17.1 Å². The molecule has 1 aromatic heterocycles. The van der Waals surface area contributed by atoms with Gasteiger partial charge in [0.1, 0.15) is 16.6 Å². The lowest BCUT2D eigenvalue weighted by atomic mass is 10.1. The third kappa shape index (κ3) is 2.91. The number of aliphatic hydroxyl groups excluding tert-OH is 1. The number of nitrogens with one attached hydrogen (secondary N) is 1. The van der Waals surface area contributed by atoms with Crippen molar-refractivity contribution in [3.8, 4) is 11.3 Å². The van der Waals surface area contributed by atoms with Crippen LogP contribution in [0, 0.1) is 19.3 Å². The number of aliphatic hydroxyl groups is 1. The van der Waals surface area contributed by atoms with Crippen molar-refractivity contribution in [1.82, 2.24) is 4.98 Å². The monoisotopic (exact) mass is 361 g/mol. The molecule has 2 N–H and O–H groups in total. The van der Waals surface area contributed by atoms with E-state index in [2.05, 4.69) is 24.0 Å². The topological polar surface area (TPSA) is 60.2 Å².